The molecule has 92 valence electrons. The molecule has 1 aromatic rings. The van der Waals surface area contributed by atoms with Crippen molar-refractivity contribution in [2.75, 3.05) is 20.3 Å². The van der Waals surface area contributed by atoms with Gasteiger partial charge in [0.05, 0.1) is 19.1 Å². The molecule has 17 heavy (non-hydrogen) atoms. The van der Waals surface area contributed by atoms with Crippen molar-refractivity contribution in [3.8, 4) is 0 Å². The summed E-state index contributed by atoms with van der Waals surface area (Å²) in [4.78, 5) is 12.3. The van der Waals surface area contributed by atoms with Crippen molar-refractivity contribution in [1.29, 1.82) is 0 Å². The van der Waals surface area contributed by atoms with Gasteiger partial charge in [-0.05, 0) is 31.7 Å². The second-order valence-electron chi connectivity index (χ2n) is 4.36. The normalized spacial score (nSPS) is 23.9. The molecule has 3 nitrogen and oxygen atoms in total. The maximum absolute atomic E-state index is 13.2. The van der Waals surface area contributed by atoms with Gasteiger partial charge in [-0.25, -0.2) is 4.39 Å². The lowest BCUT2D eigenvalue weighted by Gasteiger charge is -2.16. The highest BCUT2D eigenvalue weighted by Gasteiger charge is 2.34. The molecule has 1 saturated heterocycles. The molecule has 1 N–H and O–H groups in total. The van der Waals surface area contributed by atoms with Crippen molar-refractivity contribution in [2.24, 2.45) is 5.92 Å². The fraction of sp³-hybridized carbons (Fsp3) is 0.462. The molecule has 0 aromatic heterocycles. The Balaban J connectivity index is 2.27. The van der Waals surface area contributed by atoms with Gasteiger partial charge in [-0.15, -0.1) is 0 Å². The first-order valence-electron chi connectivity index (χ1n) is 5.69. The zero-order valence-corrected chi connectivity index (χ0v) is 10.00. The molecule has 0 saturated carbocycles. The zero-order chi connectivity index (χ0) is 12.4. The predicted molar refractivity (Wildman–Crippen MR) is 62.6 cm³/mol. The number of aryl methyl sites for hydroxylation is 1. The minimum Gasteiger partial charge on any atom is -0.379 e. The highest BCUT2D eigenvalue weighted by Crippen LogP contribution is 2.21. The lowest BCUT2D eigenvalue weighted by Crippen LogP contribution is -2.37. The lowest BCUT2D eigenvalue weighted by atomic mass is 9.91. The van der Waals surface area contributed by atoms with Crippen LogP contribution in [-0.4, -0.2) is 32.1 Å². The monoisotopic (exact) mass is 237 g/mol. The largest absolute Gasteiger partial charge is 0.379 e. The first-order valence-corrected chi connectivity index (χ1v) is 5.69. The van der Waals surface area contributed by atoms with Crippen LogP contribution >= 0.6 is 0 Å². The zero-order valence-electron chi connectivity index (χ0n) is 10.00. The maximum Gasteiger partial charge on any atom is 0.170 e. The van der Waals surface area contributed by atoms with E-state index in [1.165, 1.54) is 12.1 Å². The Hall–Kier alpha value is -1.26. The van der Waals surface area contributed by atoms with Gasteiger partial charge in [0, 0.05) is 11.6 Å². The van der Waals surface area contributed by atoms with Crippen molar-refractivity contribution in [3.05, 3.63) is 35.1 Å². The molecule has 0 bridgehead atoms. The minimum atomic E-state index is -0.376. The van der Waals surface area contributed by atoms with Crippen LogP contribution in [0.4, 0.5) is 4.39 Å². The van der Waals surface area contributed by atoms with Gasteiger partial charge in [0.1, 0.15) is 5.82 Å². The molecule has 2 atom stereocenters. The van der Waals surface area contributed by atoms with Crippen molar-refractivity contribution in [1.82, 2.24) is 5.32 Å². The molecular formula is C13H16FNO2. The van der Waals surface area contributed by atoms with E-state index >= 15 is 0 Å². The Labute approximate surface area is 100.0 Å². The van der Waals surface area contributed by atoms with Crippen molar-refractivity contribution >= 4 is 5.78 Å². The summed E-state index contributed by atoms with van der Waals surface area (Å²) < 4.78 is 18.5. The van der Waals surface area contributed by atoms with Crippen LogP contribution in [0.15, 0.2) is 18.2 Å². The number of hydrogen-bond acceptors (Lipinski definition) is 3. The highest BCUT2D eigenvalue weighted by atomic mass is 19.1. The highest BCUT2D eigenvalue weighted by molar-refractivity contribution is 5.99. The van der Waals surface area contributed by atoms with E-state index in [1.54, 1.807) is 13.1 Å². The molecule has 0 radical (unpaired) electrons. The van der Waals surface area contributed by atoms with Gasteiger partial charge >= 0.3 is 0 Å². The van der Waals surface area contributed by atoms with Crippen molar-refractivity contribution in [3.63, 3.8) is 0 Å². The first kappa shape index (κ1) is 12.2. The number of hydrogen-bond donors (Lipinski definition) is 1. The summed E-state index contributed by atoms with van der Waals surface area (Å²) in [6, 6.07) is 4.33. The van der Waals surface area contributed by atoms with Gasteiger partial charge in [0.2, 0.25) is 0 Å². The van der Waals surface area contributed by atoms with E-state index in [9.17, 15) is 9.18 Å². The molecule has 0 amide bonds. The summed E-state index contributed by atoms with van der Waals surface area (Å²) in [6.07, 6.45) is 0. The van der Waals surface area contributed by atoms with E-state index in [0.29, 0.717) is 18.8 Å². The van der Waals surface area contributed by atoms with E-state index in [-0.39, 0.29) is 23.6 Å². The molecule has 1 aliphatic heterocycles. The van der Waals surface area contributed by atoms with Gasteiger partial charge in [0.25, 0.3) is 0 Å². The fourth-order valence-electron chi connectivity index (χ4n) is 2.16. The molecule has 2 rings (SSSR count). The Kier molecular flexibility index (Phi) is 3.54. The van der Waals surface area contributed by atoms with Crippen LogP contribution in [0.5, 0.6) is 0 Å². The topological polar surface area (TPSA) is 38.3 Å². The lowest BCUT2D eigenvalue weighted by molar-refractivity contribution is 0.0891. The van der Waals surface area contributed by atoms with Crippen LogP contribution in [0.1, 0.15) is 15.9 Å². The van der Waals surface area contributed by atoms with Crippen molar-refractivity contribution in [2.45, 2.75) is 13.0 Å². The molecule has 1 heterocycles. The average molecular weight is 237 g/mol. The molecule has 4 heteroatoms. The second kappa shape index (κ2) is 4.94. The number of ether oxygens (including phenoxy) is 1. The van der Waals surface area contributed by atoms with E-state index in [0.717, 1.165) is 5.56 Å². The number of halogens is 1. The number of Topliss-reactive ketones (excluding diaryl/α,β-unsaturated/α-hetero) is 1. The summed E-state index contributed by atoms with van der Waals surface area (Å²) in [7, 11) is 1.80. The fourth-order valence-corrected chi connectivity index (χ4v) is 2.16. The molecule has 2 unspecified atom stereocenters. The van der Waals surface area contributed by atoms with E-state index in [2.05, 4.69) is 5.32 Å². The van der Waals surface area contributed by atoms with E-state index in [4.69, 9.17) is 4.74 Å². The summed E-state index contributed by atoms with van der Waals surface area (Å²) in [5.41, 5.74) is 1.26. The SMILES string of the molecule is CNC1COCC1C(=O)c1cc(F)ccc1C. The Morgan fingerprint density at radius 2 is 2.24 bits per heavy atom. The van der Waals surface area contributed by atoms with Crippen LogP contribution < -0.4 is 5.32 Å². The number of rotatable bonds is 3. The third kappa shape index (κ3) is 2.37. The number of benzene rings is 1. The van der Waals surface area contributed by atoms with Gasteiger partial charge in [-0.1, -0.05) is 6.07 Å². The number of nitrogens with one attached hydrogen (secondary N) is 1. The van der Waals surface area contributed by atoms with E-state index in [1.807, 2.05) is 6.92 Å². The average Bonchev–Trinajstić information content (AvgIpc) is 2.79. The Morgan fingerprint density at radius 3 is 2.94 bits per heavy atom. The smallest absolute Gasteiger partial charge is 0.170 e. The summed E-state index contributed by atoms with van der Waals surface area (Å²) in [6.45, 7) is 2.75. The molecule has 0 aliphatic carbocycles. The minimum absolute atomic E-state index is 0.0187. The number of carbonyl (C=O) groups excluding carboxylic acids is 1. The standard InChI is InChI=1S/C13H16FNO2/c1-8-3-4-9(14)5-10(8)13(16)11-6-17-7-12(11)15-2/h3-5,11-12,15H,6-7H2,1-2H3. The predicted octanol–water partition coefficient (Wildman–Crippen LogP) is 1.55. The first-order chi connectivity index (χ1) is 8.13. The van der Waals surface area contributed by atoms with Crippen LogP contribution in [0, 0.1) is 18.7 Å². The molecule has 1 aliphatic rings. The summed E-state index contributed by atoms with van der Waals surface area (Å²) in [5, 5.41) is 3.06. The number of ketones is 1. The second-order valence-corrected chi connectivity index (χ2v) is 4.36. The Morgan fingerprint density at radius 1 is 1.47 bits per heavy atom. The third-order valence-corrected chi connectivity index (χ3v) is 3.25. The number of likely N-dealkylation sites (N-methyl/N-ethyl adjacent to an activating group) is 1. The van der Waals surface area contributed by atoms with E-state index < -0.39 is 0 Å². The van der Waals surface area contributed by atoms with Crippen molar-refractivity contribution < 1.29 is 13.9 Å². The van der Waals surface area contributed by atoms with Crippen LogP contribution in [0.25, 0.3) is 0 Å². The summed E-state index contributed by atoms with van der Waals surface area (Å²) >= 11 is 0. The third-order valence-electron chi connectivity index (χ3n) is 3.25. The molecular weight excluding hydrogens is 221 g/mol. The van der Waals surface area contributed by atoms with Gasteiger partial charge in [-0.2, -0.15) is 0 Å². The molecule has 1 fully saturated rings. The van der Waals surface area contributed by atoms with Gasteiger partial charge < -0.3 is 10.1 Å². The number of carbonyl (C=O) groups is 1. The summed E-state index contributed by atoms with van der Waals surface area (Å²) in [5.74, 6) is -0.641. The Bertz CT molecular complexity index is 433. The van der Waals surface area contributed by atoms with Crippen LogP contribution in [0.3, 0.4) is 0 Å². The van der Waals surface area contributed by atoms with Crippen LogP contribution in [-0.2, 0) is 4.74 Å². The van der Waals surface area contributed by atoms with Crippen LogP contribution in [0.2, 0.25) is 0 Å². The van der Waals surface area contributed by atoms with Gasteiger partial charge in [0.15, 0.2) is 5.78 Å². The quantitative estimate of drug-likeness (QED) is 0.811. The molecule has 0 spiro atoms. The maximum atomic E-state index is 13.2. The molecule has 1 aromatic carbocycles. The van der Waals surface area contributed by atoms with Gasteiger partial charge in [-0.3, -0.25) is 4.79 Å².